The largest absolute Gasteiger partial charge is 0.444 e. The molecule has 2 atom stereocenters. The van der Waals surface area contributed by atoms with Crippen molar-refractivity contribution >= 4 is 106 Å². The van der Waals surface area contributed by atoms with Crippen LogP contribution in [0, 0.1) is 0 Å². The summed E-state index contributed by atoms with van der Waals surface area (Å²) in [4.78, 5) is 74.2. The number of hydrogen-bond donors (Lipinski definition) is 4. The van der Waals surface area contributed by atoms with Gasteiger partial charge in [-0.05, 0) is 128 Å². The first-order chi connectivity index (χ1) is 34.7. The van der Waals surface area contributed by atoms with Crippen LogP contribution in [-0.2, 0) is 49.5 Å². The van der Waals surface area contributed by atoms with Gasteiger partial charge in [-0.25, -0.2) is 19.6 Å². The third-order valence-corrected chi connectivity index (χ3v) is 17.2. The first kappa shape index (κ1) is 54.0. The number of nitrogens with one attached hydrogen (secondary N) is 3. The van der Waals surface area contributed by atoms with Gasteiger partial charge in [0.15, 0.2) is 0 Å². The highest BCUT2D eigenvalue weighted by Gasteiger charge is 2.33. The summed E-state index contributed by atoms with van der Waals surface area (Å²) in [6.07, 6.45) is 8.04. The molecule has 0 saturated carbocycles. The van der Waals surface area contributed by atoms with Gasteiger partial charge in [0.2, 0.25) is 11.8 Å². The number of hydrogen-bond acceptors (Lipinski definition) is 15. The Labute approximate surface area is 443 Å². The number of carbonyl (C=O) groups excluding carboxylic acids is 5. The molecule has 4 amide bonds. The van der Waals surface area contributed by atoms with Crippen molar-refractivity contribution in [3.63, 3.8) is 0 Å². The number of nitrogens with zero attached hydrogens (tertiary/aromatic N) is 4. The van der Waals surface area contributed by atoms with E-state index < -0.39 is 11.2 Å². The van der Waals surface area contributed by atoms with Gasteiger partial charge in [0.25, 0.3) is 0 Å². The van der Waals surface area contributed by atoms with E-state index in [1.807, 2.05) is 82.8 Å². The van der Waals surface area contributed by atoms with Gasteiger partial charge in [-0.15, -0.1) is 45.3 Å². The highest BCUT2D eigenvalue weighted by Crippen LogP contribution is 2.48. The number of benzene rings is 2. The Morgan fingerprint density at radius 3 is 1.52 bits per heavy atom. The first-order valence-corrected chi connectivity index (χ1v) is 28.5. The first-order valence-electron chi connectivity index (χ1n) is 25.2. The molecule has 2 saturated heterocycles. The maximum absolute atomic E-state index is 12.4. The van der Waals surface area contributed by atoms with Crippen LogP contribution < -0.4 is 21.7 Å². The summed E-state index contributed by atoms with van der Waals surface area (Å²) in [5.41, 5.74) is 12.1. The van der Waals surface area contributed by atoms with Crippen molar-refractivity contribution < 1.29 is 33.4 Å². The maximum atomic E-state index is 12.4. The summed E-state index contributed by atoms with van der Waals surface area (Å²) in [5, 5.41) is 13.7. The number of rotatable bonds is 6. The van der Waals surface area contributed by atoms with E-state index in [1.54, 1.807) is 64.1 Å². The number of fused-ring (bicyclic) bond motifs is 4. The molecule has 5 N–H and O–H groups in total. The minimum absolute atomic E-state index is 0.0461. The fraction of sp³-hybridized carbons (Fsp3) is 0.500. The number of thiophene rings is 2. The lowest BCUT2D eigenvalue weighted by Crippen LogP contribution is -2.49. The van der Waals surface area contributed by atoms with Gasteiger partial charge in [-0.1, -0.05) is 24.3 Å². The van der Waals surface area contributed by atoms with Crippen LogP contribution in [0.5, 0.6) is 0 Å². The number of ketones is 1. The predicted octanol–water partition coefficient (Wildman–Crippen LogP) is 11.2. The Bertz CT molecular complexity index is 2900. The smallest absolute Gasteiger partial charge is 0.410 e. The zero-order valence-electron chi connectivity index (χ0n) is 43.1. The number of Topliss-reactive ketones (excluding diaryl/α,β-unsaturated/α-hetero) is 1. The summed E-state index contributed by atoms with van der Waals surface area (Å²) in [6.45, 7) is 16.8. The Kier molecular flexibility index (Phi) is 17.1. The zero-order chi connectivity index (χ0) is 52.2. The Balaban J connectivity index is 0.000000163. The SMILES string of the molecule is CC(=O)Nc1sc2c(c1-c1nc3ccccc3s1)CCC(N)C2.CC(=O)Nc1sc2c(c1-c1nc3ccccc3s1)CCC(NC1CCN(C(=O)OC(C)(C)C)CC1)C2.CC(C)(C)OC(=O)N1CCC(=O)CC1. The molecule has 73 heavy (non-hydrogen) atoms. The van der Waals surface area contributed by atoms with Gasteiger partial charge < -0.3 is 41.0 Å². The second-order valence-electron chi connectivity index (χ2n) is 21.1. The summed E-state index contributed by atoms with van der Waals surface area (Å²) in [7, 11) is 0. The van der Waals surface area contributed by atoms with E-state index in [4.69, 9.17) is 25.2 Å². The lowest BCUT2D eigenvalue weighted by atomic mass is 9.90. The number of piperidine rings is 2. The van der Waals surface area contributed by atoms with E-state index in [1.165, 1.54) is 25.6 Å². The number of ether oxygens (including phenoxy) is 2. The van der Waals surface area contributed by atoms with Crippen LogP contribution in [0.2, 0.25) is 0 Å². The standard InChI is InChI=1S/C27H34N4O3S2.C17H17N3OS2.C10H17NO3/c1-16(32)28-24-23(25-30-20-7-5-6-8-21(20)35-25)19-10-9-18(15-22(19)36-24)29-17-11-13-31(14-12-17)26(33)34-27(2,3)4;1-9(21)19-16-15(11-7-6-10(18)8-14(11)23-16)17-20-12-4-2-3-5-13(12)22-17;1-10(2,3)14-9(13)11-6-4-8(12)5-7-11/h5-8,17-18,29H,9-15H2,1-4H3,(H,28,32);2-5,10H,6-8,18H2,1H3,(H,19,21);4-7H2,1-3H3. The molecule has 2 aliphatic carbocycles. The van der Waals surface area contributed by atoms with Crippen LogP contribution in [0.3, 0.4) is 0 Å². The van der Waals surface area contributed by atoms with Crippen LogP contribution in [0.1, 0.15) is 115 Å². The summed E-state index contributed by atoms with van der Waals surface area (Å²) < 4.78 is 13.1. The van der Waals surface area contributed by atoms with Crippen molar-refractivity contribution in [3.8, 4) is 21.1 Å². The van der Waals surface area contributed by atoms with E-state index >= 15 is 0 Å². The molecule has 0 bridgehead atoms. The van der Waals surface area contributed by atoms with Crippen LogP contribution in [0.15, 0.2) is 48.5 Å². The minimum atomic E-state index is -0.465. The molecule has 2 unspecified atom stereocenters. The van der Waals surface area contributed by atoms with Crippen LogP contribution >= 0.6 is 45.3 Å². The topological polar surface area (TPSA) is 198 Å². The molecule has 10 rings (SSSR count). The van der Waals surface area contributed by atoms with Gasteiger partial charge in [-0.3, -0.25) is 14.4 Å². The van der Waals surface area contributed by atoms with Crippen molar-refractivity contribution in [1.29, 1.82) is 0 Å². The Hall–Kier alpha value is -5.31. The molecule has 15 nitrogen and oxygen atoms in total. The van der Waals surface area contributed by atoms with Crippen molar-refractivity contribution in [2.75, 3.05) is 36.8 Å². The monoisotopic (exact) mass is 1070 g/mol. The molecule has 0 spiro atoms. The van der Waals surface area contributed by atoms with Crippen LogP contribution in [0.4, 0.5) is 19.6 Å². The molecule has 2 fully saturated rings. The molecule has 0 radical (unpaired) electrons. The van der Waals surface area contributed by atoms with Crippen molar-refractivity contribution in [1.82, 2.24) is 25.1 Å². The molecule has 19 heteroatoms. The highest BCUT2D eigenvalue weighted by molar-refractivity contribution is 7.23. The summed E-state index contributed by atoms with van der Waals surface area (Å²) in [6, 6.07) is 17.3. The van der Waals surface area contributed by atoms with E-state index in [-0.39, 0.29) is 35.8 Å². The number of anilines is 2. The van der Waals surface area contributed by atoms with Crippen molar-refractivity contribution in [2.45, 2.75) is 149 Å². The van der Waals surface area contributed by atoms with E-state index in [0.29, 0.717) is 38.0 Å². The quantitative estimate of drug-likeness (QED) is 0.124. The number of para-hydroxylation sites is 2. The molecular formula is C54H68N8O7S4. The number of nitrogens with two attached hydrogens (primary N) is 1. The second-order valence-corrected chi connectivity index (χ2v) is 25.4. The number of likely N-dealkylation sites (tertiary alicyclic amines) is 2. The molecule has 2 aromatic carbocycles. The molecule has 6 heterocycles. The molecule has 4 aromatic heterocycles. The highest BCUT2D eigenvalue weighted by atomic mass is 32.1. The number of amides is 4. The lowest BCUT2D eigenvalue weighted by molar-refractivity contribution is -0.121. The van der Waals surface area contributed by atoms with E-state index in [9.17, 15) is 24.0 Å². The van der Waals surface area contributed by atoms with Gasteiger partial charge in [0, 0.05) is 91.9 Å². The second kappa shape index (κ2) is 23.1. The van der Waals surface area contributed by atoms with Gasteiger partial charge in [0.05, 0.1) is 20.4 Å². The van der Waals surface area contributed by atoms with Gasteiger partial charge >= 0.3 is 12.2 Å². The Morgan fingerprint density at radius 2 is 1.05 bits per heavy atom. The average molecular weight is 1070 g/mol. The predicted molar refractivity (Wildman–Crippen MR) is 296 cm³/mol. The maximum Gasteiger partial charge on any atom is 0.410 e. The third kappa shape index (κ3) is 14.1. The normalized spacial score (nSPS) is 18.2. The Morgan fingerprint density at radius 1 is 0.603 bits per heavy atom. The molecular weight excluding hydrogens is 1000 g/mol. The molecule has 390 valence electrons. The summed E-state index contributed by atoms with van der Waals surface area (Å²) >= 11 is 6.72. The zero-order valence-corrected chi connectivity index (χ0v) is 46.4. The fourth-order valence-electron chi connectivity index (χ4n) is 9.40. The fourth-order valence-corrected chi connectivity index (χ4v) is 14.4. The van der Waals surface area contributed by atoms with Crippen LogP contribution in [-0.4, -0.2) is 105 Å². The third-order valence-electron chi connectivity index (χ3n) is 12.8. The molecule has 6 aromatic rings. The number of carbonyl (C=O) groups is 5. The number of thiazole rings is 2. The molecule has 4 aliphatic rings. The molecule has 2 aliphatic heterocycles. The van der Waals surface area contributed by atoms with Crippen LogP contribution in [0.25, 0.3) is 41.6 Å². The van der Waals surface area contributed by atoms with Gasteiger partial charge in [0.1, 0.15) is 37.0 Å². The average Bonchev–Trinajstić information content (AvgIpc) is 4.10. The van der Waals surface area contributed by atoms with E-state index in [0.717, 1.165) is 111 Å². The number of aromatic nitrogens is 2. The van der Waals surface area contributed by atoms with E-state index in [2.05, 4.69) is 28.1 Å². The summed E-state index contributed by atoms with van der Waals surface area (Å²) in [5.74, 6) is 0.127. The van der Waals surface area contributed by atoms with Gasteiger partial charge in [-0.2, -0.15) is 0 Å². The lowest BCUT2D eigenvalue weighted by Gasteiger charge is -2.36. The van der Waals surface area contributed by atoms with Crippen molar-refractivity contribution in [3.05, 3.63) is 69.4 Å². The minimum Gasteiger partial charge on any atom is -0.444 e. The van der Waals surface area contributed by atoms with Crippen molar-refractivity contribution in [2.24, 2.45) is 5.73 Å².